The van der Waals surface area contributed by atoms with E-state index >= 15 is 0 Å². The highest BCUT2D eigenvalue weighted by Gasteiger charge is 2.51. The summed E-state index contributed by atoms with van der Waals surface area (Å²) in [6, 6.07) is 8.81. The zero-order valence-electron chi connectivity index (χ0n) is 29.4. The van der Waals surface area contributed by atoms with E-state index < -0.39 is 7.82 Å². The molecule has 1 atom stereocenters. The maximum Gasteiger partial charge on any atom is 0.494 e. The van der Waals surface area contributed by atoms with Crippen molar-refractivity contribution >= 4 is 20.4 Å². The molecule has 0 saturated carbocycles. The van der Waals surface area contributed by atoms with Gasteiger partial charge in [-0.05, 0) is 58.0 Å². The lowest BCUT2D eigenvalue weighted by Crippen LogP contribution is -2.41. The molecule has 254 valence electrons. The van der Waals surface area contributed by atoms with Crippen molar-refractivity contribution in [2.45, 2.75) is 148 Å². The van der Waals surface area contributed by atoms with Gasteiger partial charge in [0, 0.05) is 0 Å². The Kier molecular flexibility index (Phi) is 17.8. The van der Waals surface area contributed by atoms with Crippen molar-refractivity contribution in [2.24, 2.45) is 0 Å². The van der Waals surface area contributed by atoms with Gasteiger partial charge >= 0.3 is 7.12 Å². The first-order chi connectivity index (χ1) is 20.7. The summed E-state index contributed by atoms with van der Waals surface area (Å²) in [5.41, 5.74) is 1.92. The monoisotopic (exact) mass is 637 g/mol. The summed E-state index contributed by atoms with van der Waals surface area (Å²) in [5, 5.41) is 0. The Balaban J connectivity index is 1.32. The molecule has 44 heavy (non-hydrogen) atoms. The zero-order valence-corrected chi connectivity index (χ0v) is 30.3. The second kappa shape index (κ2) is 19.8. The van der Waals surface area contributed by atoms with Crippen LogP contribution < -0.4 is 10.4 Å². The predicted molar refractivity (Wildman–Crippen MR) is 182 cm³/mol. The number of hydrogen-bond acceptors (Lipinski definition) is 6. The molecular formula is C35H65BNO6P. The van der Waals surface area contributed by atoms with Gasteiger partial charge in [-0.2, -0.15) is 0 Å². The molecule has 0 bridgehead atoms. The van der Waals surface area contributed by atoms with E-state index in [1.165, 1.54) is 89.0 Å². The number of hydrogen-bond donors (Lipinski definition) is 0. The second-order valence-corrected chi connectivity index (χ2v) is 16.3. The predicted octanol–water partition coefficient (Wildman–Crippen LogP) is 7.98. The Hall–Kier alpha value is -0.725. The van der Waals surface area contributed by atoms with Crippen molar-refractivity contribution < 1.29 is 32.3 Å². The third kappa shape index (κ3) is 16.7. The summed E-state index contributed by atoms with van der Waals surface area (Å²) in [6.45, 7) is 9.40. The molecule has 0 amide bonds. The van der Waals surface area contributed by atoms with E-state index in [2.05, 4.69) is 52.0 Å². The fourth-order valence-corrected chi connectivity index (χ4v) is 6.10. The first-order valence-electron chi connectivity index (χ1n) is 17.6. The number of rotatable bonds is 25. The van der Waals surface area contributed by atoms with E-state index in [9.17, 15) is 9.46 Å². The van der Waals surface area contributed by atoms with Crippen LogP contribution >= 0.6 is 7.82 Å². The van der Waals surface area contributed by atoms with Crippen LogP contribution in [0.25, 0.3) is 0 Å². The molecule has 1 aromatic carbocycles. The van der Waals surface area contributed by atoms with Crippen LogP contribution in [-0.4, -0.2) is 63.7 Å². The molecule has 1 aliphatic heterocycles. The molecule has 9 heteroatoms. The lowest BCUT2D eigenvalue weighted by Gasteiger charge is -2.32. The standard InChI is InChI=1S/C35H65BNO6P/c1-34(2)35(3,4)43-36(42-34)33-27-25-32(26-28-33)24-22-20-18-16-14-12-10-8-9-11-13-15-17-19-21-23-30-40-44(38,39)41-31-29-37(5,6)7/h25-28H,8-24,29-31H2,1-7H3. The van der Waals surface area contributed by atoms with Crippen LogP contribution in [-0.2, 0) is 29.3 Å². The number of nitrogens with zero attached hydrogens (tertiary/aromatic N) is 1. The minimum atomic E-state index is -4.16. The minimum absolute atomic E-state index is 0.161. The van der Waals surface area contributed by atoms with Gasteiger partial charge < -0.3 is 27.7 Å². The summed E-state index contributed by atoms with van der Waals surface area (Å²) in [6.07, 6.45) is 21.3. The lowest BCUT2D eigenvalue weighted by atomic mass is 9.78. The molecular weight excluding hydrogens is 572 g/mol. The van der Waals surface area contributed by atoms with E-state index in [4.69, 9.17) is 18.4 Å². The fraction of sp³-hybridized carbons (Fsp3) is 0.829. The number of benzene rings is 1. The van der Waals surface area contributed by atoms with E-state index in [1.54, 1.807) is 0 Å². The smallest absolute Gasteiger partial charge is 0.494 e. The second-order valence-electron chi connectivity index (χ2n) is 14.9. The molecule has 1 saturated heterocycles. The van der Waals surface area contributed by atoms with Crippen molar-refractivity contribution in [3.05, 3.63) is 29.8 Å². The highest BCUT2D eigenvalue weighted by atomic mass is 31.2. The molecule has 7 nitrogen and oxygen atoms in total. The Morgan fingerprint density at radius 1 is 0.659 bits per heavy atom. The molecule has 0 spiro atoms. The first kappa shape index (κ1) is 39.5. The number of aryl methyl sites for hydroxylation is 1. The summed E-state index contributed by atoms with van der Waals surface area (Å²) in [5.74, 6) is 0. The Bertz CT molecular complexity index is 934. The van der Waals surface area contributed by atoms with Crippen LogP contribution in [0.15, 0.2) is 24.3 Å². The maximum absolute atomic E-state index is 11.8. The van der Waals surface area contributed by atoms with Crippen LogP contribution in [0.5, 0.6) is 0 Å². The lowest BCUT2D eigenvalue weighted by molar-refractivity contribution is -0.870. The van der Waals surface area contributed by atoms with Crippen LogP contribution in [0.4, 0.5) is 0 Å². The molecule has 0 aromatic heterocycles. The van der Waals surface area contributed by atoms with Gasteiger partial charge in [0.2, 0.25) is 0 Å². The largest absolute Gasteiger partial charge is 0.756 e. The number of unbranched alkanes of at least 4 members (excludes halogenated alkanes) is 15. The summed E-state index contributed by atoms with van der Waals surface area (Å²) >= 11 is 0. The molecule has 1 heterocycles. The molecule has 1 fully saturated rings. The Morgan fingerprint density at radius 3 is 1.48 bits per heavy atom. The molecule has 0 N–H and O–H groups in total. The Morgan fingerprint density at radius 2 is 1.05 bits per heavy atom. The number of phosphoric ester groups is 1. The van der Waals surface area contributed by atoms with E-state index in [1.807, 2.05) is 21.1 Å². The first-order valence-corrected chi connectivity index (χ1v) is 19.0. The quantitative estimate of drug-likeness (QED) is 0.0469. The van der Waals surface area contributed by atoms with Gasteiger partial charge in [0.25, 0.3) is 7.82 Å². The van der Waals surface area contributed by atoms with Gasteiger partial charge in [-0.25, -0.2) is 0 Å². The van der Waals surface area contributed by atoms with Gasteiger partial charge in [0.05, 0.1) is 39.0 Å². The number of phosphoric acid groups is 1. The zero-order chi connectivity index (χ0) is 32.5. The molecule has 1 aliphatic rings. The normalized spacial score (nSPS) is 17.7. The average molecular weight is 638 g/mol. The van der Waals surface area contributed by atoms with Crippen LogP contribution in [0.3, 0.4) is 0 Å². The Labute approximate surface area is 271 Å². The van der Waals surface area contributed by atoms with Gasteiger partial charge in [0.15, 0.2) is 0 Å². The van der Waals surface area contributed by atoms with Crippen molar-refractivity contribution in [3.8, 4) is 0 Å². The number of likely N-dealkylation sites (N-methyl/N-ethyl adjacent to an activating group) is 1. The minimum Gasteiger partial charge on any atom is -0.756 e. The summed E-state index contributed by atoms with van der Waals surface area (Å²) in [4.78, 5) is 11.8. The molecule has 0 radical (unpaired) electrons. The molecule has 0 aliphatic carbocycles. The molecule has 1 unspecified atom stereocenters. The highest BCUT2D eigenvalue weighted by molar-refractivity contribution is 7.45. The maximum atomic E-state index is 11.8. The highest BCUT2D eigenvalue weighted by Crippen LogP contribution is 2.38. The van der Waals surface area contributed by atoms with Crippen molar-refractivity contribution in [3.63, 3.8) is 0 Å². The topological polar surface area (TPSA) is 77.1 Å². The van der Waals surface area contributed by atoms with Crippen LogP contribution in [0, 0.1) is 0 Å². The van der Waals surface area contributed by atoms with Gasteiger partial charge in [-0.1, -0.05) is 114 Å². The van der Waals surface area contributed by atoms with Gasteiger partial charge in [-0.15, -0.1) is 0 Å². The fourth-order valence-electron chi connectivity index (χ4n) is 5.37. The van der Waals surface area contributed by atoms with Crippen LogP contribution in [0.2, 0.25) is 0 Å². The third-order valence-corrected chi connectivity index (χ3v) is 10.1. The van der Waals surface area contributed by atoms with Gasteiger partial charge in [0.1, 0.15) is 13.2 Å². The van der Waals surface area contributed by atoms with Crippen LogP contribution in [0.1, 0.15) is 136 Å². The molecule has 1 aromatic rings. The van der Waals surface area contributed by atoms with E-state index in [0.717, 1.165) is 31.1 Å². The van der Waals surface area contributed by atoms with Crippen molar-refractivity contribution in [2.75, 3.05) is 40.9 Å². The third-order valence-electron chi connectivity index (χ3n) is 9.13. The SMILES string of the molecule is CC1(C)OB(c2ccc(CCCCCCCCCCCCCCCCCCOP(=O)([O-])OCC[N+](C)(C)C)cc2)OC1(C)C. The molecule has 2 rings (SSSR count). The van der Waals surface area contributed by atoms with Crippen molar-refractivity contribution in [1.29, 1.82) is 0 Å². The summed E-state index contributed by atoms with van der Waals surface area (Å²) in [7, 11) is 1.56. The summed E-state index contributed by atoms with van der Waals surface area (Å²) < 4.78 is 34.7. The van der Waals surface area contributed by atoms with E-state index in [0.29, 0.717) is 11.0 Å². The van der Waals surface area contributed by atoms with E-state index in [-0.39, 0.29) is 31.5 Å². The van der Waals surface area contributed by atoms with Gasteiger partial charge in [-0.3, -0.25) is 4.57 Å². The van der Waals surface area contributed by atoms with Crippen molar-refractivity contribution in [1.82, 2.24) is 0 Å². The number of quaternary nitrogens is 1. The average Bonchev–Trinajstić information content (AvgIpc) is 3.15.